The largest absolute Gasteiger partial charge is 0.507 e. The Morgan fingerprint density at radius 1 is 1.10 bits per heavy atom. The number of anilines is 1. The molecule has 2 aromatic carbocycles. The SMILES string of the molecule is COc1ccc([C@H]2C(=C(O)c3ccc(Cl)cc3)C(=O)C(=O)N2c2nc(C)c(C)s2)cc1. The van der Waals surface area contributed by atoms with Crippen molar-refractivity contribution in [3.63, 3.8) is 0 Å². The summed E-state index contributed by atoms with van der Waals surface area (Å²) >= 11 is 7.29. The summed E-state index contributed by atoms with van der Waals surface area (Å²) in [7, 11) is 1.56. The summed E-state index contributed by atoms with van der Waals surface area (Å²) in [5.74, 6) is -1.12. The molecule has 158 valence electrons. The van der Waals surface area contributed by atoms with Gasteiger partial charge in [0.1, 0.15) is 11.5 Å². The zero-order chi connectivity index (χ0) is 22.3. The van der Waals surface area contributed by atoms with Gasteiger partial charge in [0.05, 0.1) is 24.4 Å². The maximum Gasteiger partial charge on any atom is 0.301 e. The lowest BCUT2D eigenvalue weighted by Crippen LogP contribution is -2.29. The molecule has 1 N–H and O–H groups in total. The van der Waals surface area contributed by atoms with Crippen LogP contribution in [0.4, 0.5) is 5.13 Å². The summed E-state index contributed by atoms with van der Waals surface area (Å²) in [5.41, 5.74) is 1.84. The molecule has 31 heavy (non-hydrogen) atoms. The van der Waals surface area contributed by atoms with Gasteiger partial charge in [0, 0.05) is 15.5 Å². The van der Waals surface area contributed by atoms with Crippen LogP contribution < -0.4 is 9.64 Å². The summed E-state index contributed by atoms with van der Waals surface area (Å²) in [4.78, 5) is 33.0. The van der Waals surface area contributed by atoms with E-state index in [1.54, 1.807) is 55.6 Å². The molecule has 0 unspecified atom stereocenters. The van der Waals surface area contributed by atoms with Gasteiger partial charge in [-0.25, -0.2) is 4.98 Å². The van der Waals surface area contributed by atoms with Crippen LogP contribution >= 0.6 is 22.9 Å². The Kier molecular flexibility index (Phi) is 5.56. The lowest BCUT2D eigenvalue weighted by atomic mass is 9.95. The maximum atomic E-state index is 13.1. The molecular formula is C23H19ClN2O4S. The number of rotatable bonds is 4. The van der Waals surface area contributed by atoms with Gasteiger partial charge in [0.15, 0.2) is 5.13 Å². The van der Waals surface area contributed by atoms with Crippen LogP contribution in [0.1, 0.15) is 27.7 Å². The Hall–Kier alpha value is -3.16. The molecule has 1 saturated heterocycles. The van der Waals surface area contributed by atoms with E-state index >= 15 is 0 Å². The zero-order valence-corrected chi connectivity index (χ0v) is 18.6. The Labute approximate surface area is 188 Å². The number of carbonyl (C=O) groups excluding carboxylic acids is 2. The van der Waals surface area contributed by atoms with Crippen LogP contribution in [0.25, 0.3) is 5.76 Å². The van der Waals surface area contributed by atoms with E-state index in [2.05, 4.69) is 4.98 Å². The molecule has 1 amide bonds. The molecule has 0 radical (unpaired) electrons. The maximum absolute atomic E-state index is 13.1. The summed E-state index contributed by atoms with van der Waals surface area (Å²) in [6, 6.07) is 12.6. The molecule has 0 bridgehead atoms. The second-order valence-electron chi connectivity index (χ2n) is 7.09. The number of amides is 1. The summed E-state index contributed by atoms with van der Waals surface area (Å²) < 4.78 is 5.23. The van der Waals surface area contributed by atoms with E-state index in [9.17, 15) is 14.7 Å². The molecule has 2 heterocycles. The topological polar surface area (TPSA) is 79.7 Å². The van der Waals surface area contributed by atoms with Crippen molar-refractivity contribution in [1.29, 1.82) is 0 Å². The first kappa shape index (κ1) is 21.1. The number of methoxy groups -OCH3 is 1. The van der Waals surface area contributed by atoms with Crippen LogP contribution in [0, 0.1) is 13.8 Å². The molecule has 0 spiro atoms. The number of benzene rings is 2. The predicted octanol–water partition coefficient (Wildman–Crippen LogP) is 5.05. The minimum Gasteiger partial charge on any atom is -0.507 e. The fraction of sp³-hybridized carbons (Fsp3) is 0.174. The highest BCUT2D eigenvalue weighted by Crippen LogP contribution is 2.44. The average molecular weight is 455 g/mol. The number of thiazole rings is 1. The first-order chi connectivity index (χ1) is 14.8. The van der Waals surface area contributed by atoms with Crippen molar-refractivity contribution in [1.82, 2.24) is 4.98 Å². The fourth-order valence-electron chi connectivity index (χ4n) is 3.45. The van der Waals surface area contributed by atoms with Gasteiger partial charge in [-0.05, 0) is 55.8 Å². The third kappa shape index (κ3) is 3.71. The molecule has 3 aromatic rings. The van der Waals surface area contributed by atoms with Crippen LogP contribution in [-0.2, 0) is 9.59 Å². The fourth-order valence-corrected chi connectivity index (χ4v) is 4.52. The number of ether oxygens (including phenoxy) is 1. The molecule has 6 nitrogen and oxygen atoms in total. The number of aliphatic hydroxyl groups is 1. The van der Waals surface area contributed by atoms with E-state index in [4.69, 9.17) is 16.3 Å². The van der Waals surface area contributed by atoms with Gasteiger partial charge in [-0.2, -0.15) is 0 Å². The molecule has 0 aliphatic carbocycles. The van der Waals surface area contributed by atoms with Crippen molar-refractivity contribution in [2.75, 3.05) is 12.0 Å². The van der Waals surface area contributed by atoms with Crippen molar-refractivity contribution in [3.05, 3.63) is 80.8 Å². The minimum absolute atomic E-state index is 0.00277. The smallest absolute Gasteiger partial charge is 0.301 e. The molecule has 1 atom stereocenters. The molecule has 1 aromatic heterocycles. The van der Waals surface area contributed by atoms with Crippen molar-refractivity contribution >= 4 is 45.5 Å². The van der Waals surface area contributed by atoms with Crippen molar-refractivity contribution in [2.45, 2.75) is 19.9 Å². The third-order valence-electron chi connectivity index (χ3n) is 5.22. The van der Waals surface area contributed by atoms with Gasteiger partial charge in [-0.3, -0.25) is 14.5 Å². The third-order valence-corrected chi connectivity index (χ3v) is 6.54. The van der Waals surface area contributed by atoms with Gasteiger partial charge in [-0.1, -0.05) is 23.7 Å². The van der Waals surface area contributed by atoms with Crippen molar-refractivity contribution in [3.8, 4) is 5.75 Å². The number of hydrogen-bond donors (Lipinski definition) is 1. The van der Waals surface area contributed by atoms with E-state index in [-0.39, 0.29) is 11.3 Å². The number of aryl methyl sites for hydroxylation is 2. The van der Waals surface area contributed by atoms with Crippen LogP contribution in [0.5, 0.6) is 5.75 Å². The van der Waals surface area contributed by atoms with Gasteiger partial charge in [-0.15, -0.1) is 11.3 Å². The van der Waals surface area contributed by atoms with Gasteiger partial charge < -0.3 is 9.84 Å². The number of nitrogens with zero attached hydrogens (tertiary/aromatic N) is 2. The van der Waals surface area contributed by atoms with Gasteiger partial charge in [0.2, 0.25) is 0 Å². The molecule has 8 heteroatoms. The highest BCUT2D eigenvalue weighted by atomic mass is 35.5. The summed E-state index contributed by atoms with van der Waals surface area (Å²) in [5, 5.41) is 12.0. The van der Waals surface area contributed by atoms with E-state index in [0.29, 0.717) is 27.0 Å². The summed E-state index contributed by atoms with van der Waals surface area (Å²) in [6.07, 6.45) is 0. The monoisotopic (exact) mass is 454 g/mol. The zero-order valence-electron chi connectivity index (χ0n) is 17.0. The Balaban J connectivity index is 1.93. The van der Waals surface area contributed by atoms with Crippen LogP contribution in [0.2, 0.25) is 5.02 Å². The van der Waals surface area contributed by atoms with E-state index in [1.807, 2.05) is 13.8 Å². The van der Waals surface area contributed by atoms with Crippen LogP contribution in [-0.4, -0.2) is 28.9 Å². The van der Waals surface area contributed by atoms with Crippen LogP contribution in [0.15, 0.2) is 54.1 Å². The van der Waals surface area contributed by atoms with E-state index in [0.717, 1.165) is 10.6 Å². The molecular weight excluding hydrogens is 436 g/mol. The van der Waals surface area contributed by atoms with Gasteiger partial charge >= 0.3 is 5.91 Å². The van der Waals surface area contributed by atoms with E-state index < -0.39 is 17.7 Å². The number of Topliss-reactive ketones (excluding diaryl/α,β-unsaturated/α-hetero) is 1. The first-order valence-electron chi connectivity index (χ1n) is 9.46. The molecule has 1 aliphatic heterocycles. The van der Waals surface area contributed by atoms with Gasteiger partial charge in [0.25, 0.3) is 5.78 Å². The first-order valence-corrected chi connectivity index (χ1v) is 10.7. The number of ketones is 1. The average Bonchev–Trinajstić information content (AvgIpc) is 3.23. The number of aliphatic hydroxyl groups excluding tert-OH is 1. The number of halogens is 1. The quantitative estimate of drug-likeness (QED) is 0.339. The predicted molar refractivity (Wildman–Crippen MR) is 121 cm³/mol. The summed E-state index contributed by atoms with van der Waals surface area (Å²) in [6.45, 7) is 3.76. The lowest BCUT2D eigenvalue weighted by Gasteiger charge is -2.23. The number of hydrogen-bond acceptors (Lipinski definition) is 6. The second-order valence-corrected chi connectivity index (χ2v) is 8.71. The lowest BCUT2D eigenvalue weighted by molar-refractivity contribution is -0.132. The van der Waals surface area contributed by atoms with E-state index in [1.165, 1.54) is 16.2 Å². The molecule has 0 saturated carbocycles. The second kappa shape index (κ2) is 8.17. The Morgan fingerprint density at radius 3 is 2.29 bits per heavy atom. The molecule has 4 rings (SSSR count). The Bertz CT molecular complexity index is 1180. The van der Waals surface area contributed by atoms with Crippen molar-refractivity contribution in [2.24, 2.45) is 0 Å². The van der Waals surface area contributed by atoms with Crippen LogP contribution in [0.3, 0.4) is 0 Å². The normalized spacial score (nSPS) is 17.9. The Morgan fingerprint density at radius 2 is 1.74 bits per heavy atom. The highest BCUT2D eigenvalue weighted by molar-refractivity contribution is 7.16. The molecule has 1 aliphatic rings. The number of aromatic nitrogens is 1. The minimum atomic E-state index is -0.827. The standard InChI is InChI=1S/C23H19ClN2O4S/c1-12-13(2)31-23(25-12)26-19(14-6-10-17(30-3)11-7-14)18(21(28)22(26)29)20(27)15-4-8-16(24)9-5-15/h4-11,19,27H,1-3H3/t19-/m0/s1. The van der Waals surface area contributed by atoms with Crippen molar-refractivity contribution < 1.29 is 19.4 Å². The highest BCUT2D eigenvalue weighted by Gasteiger charge is 2.48. The molecule has 1 fully saturated rings. The number of carbonyl (C=O) groups is 2.